The third-order valence-corrected chi connectivity index (χ3v) is 4.69. The minimum Gasteiger partial charge on any atom is -0.481 e. The van der Waals surface area contributed by atoms with E-state index in [1.807, 2.05) is 32.0 Å². The summed E-state index contributed by atoms with van der Waals surface area (Å²) in [5.74, 6) is -0.819. The Balaban J connectivity index is 2.07. The zero-order chi connectivity index (χ0) is 15.6. The molecule has 1 aromatic rings. The summed E-state index contributed by atoms with van der Waals surface area (Å²) >= 11 is 3.38. The number of urea groups is 1. The van der Waals surface area contributed by atoms with Gasteiger partial charge in [-0.05, 0) is 43.5 Å². The number of nitrogens with zero attached hydrogens (tertiary/aromatic N) is 1. The molecular formula is C15H19BrN2O3. The van der Waals surface area contributed by atoms with E-state index >= 15 is 0 Å². The van der Waals surface area contributed by atoms with Gasteiger partial charge in [0, 0.05) is 23.2 Å². The fraction of sp³-hybridized carbons (Fsp3) is 0.467. The molecule has 1 aromatic carbocycles. The number of likely N-dealkylation sites (tertiary alicyclic amines) is 1. The van der Waals surface area contributed by atoms with Crippen molar-refractivity contribution in [2.24, 2.45) is 5.41 Å². The topological polar surface area (TPSA) is 69.6 Å². The van der Waals surface area contributed by atoms with E-state index in [4.69, 9.17) is 0 Å². The number of rotatable bonds is 3. The molecule has 1 heterocycles. The number of carboxylic acid groups (broad SMARTS) is 1. The average Bonchev–Trinajstić information content (AvgIpc) is 2.88. The predicted molar refractivity (Wildman–Crippen MR) is 84.4 cm³/mol. The molecule has 1 unspecified atom stereocenters. The van der Waals surface area contributed by atoms with Crippen LogP contribution in [0, 0.1) is 12.3 Å². The molecule has 2 N–H and O–H groups in total. The summed E-state index contributed by atoms with van der Waals surface area (Å²) in [6, 6.07) is 5.38. The lowest BCUT2D eigenvalue weighted by Crippen LogP contribution is -2.38. The minimum absolute atomic E-state index is 0.239. The summed E-state index contributed by atoms with van der Waals surface area (Å²) < 4.78 is 0.954. The molecule has 1 saturated heterocycles. The first-order valence-corrected chi connectivity index (χ1v) is 7.73. The molecule has 1 aliphatic heterocycles. The number of hydrogen-bond donors (Lipinski definition) is 2. The highest BCUT2D eigenvalue weighted by Gasteiger charge is 2.44. The number of anilines is 1. The van der Waals surface area contributed by atoms with Crippen molar-refractivity contribution in [1.82, 2.24) is 4.90 Å². The molecule has 1 fully saturated rings. The fourth-order valence-corrected chi connectivity index (χ4v) is 3.10. The number of hydrogen-bond acceptors (Lipinski definition) is 2. The van der Waals surface area contributed by atoms with Gasteiger partial charge in [-0.2, -0.15) is 0 Å². The van der Waals surface area contributed by atoms with Crippen molar-refractivity contribution in [1.29, 1.82) is 0 Å². The molecule has 0 aromatic heterocycles. The van der Waals surface area contributed by atoms with Crippen LogP contribution in [-0.2, 0) is 4.79 Å². The zero-order valence-electron chi connectivity index (χ0n) is 12.1. The maximum atomic E-state index is 12.3. The maximum absolute atomic E-state index is 12.3. The van der Waals surface area contributed by atoms with Crippen molar-refractivity contribution >= 4 is 33.6 Å². The van der Waals surface area contributed by atoms with Gasteiger partial charge >= 0.3 is 12.0 Å². The standard InChI is InChI=1S/C15H19BrN2O3/c1-3-15(13(19)20)6-7-18(9-15)14(21)17-12-5-4-11(16)8-10(12)2/h4-5,8H,3,6-7,9H2,1-2H3,(H,17,21)(H,19,20). The number of carbonyl (C=O) groups excluding carboxylic acids is 1. The van der Waals surface area contributed by atoms with Gasteiger partial charge in [0.15, 0.2) is 0 Å². The van der Waals surface area contributed by atoms with Crippen molar-refractivity contribution in [2.45, 2.75) is 26.7 Å². The Kier molecular flexibility index (Phi) is 4.56. The summed E-state index contributed by atoms with van der Waals surface area (Å²) in [5.41, 5.74) is 0.899. The van der Waals surface area contributed by atoms with Crippen LogP contribution in [0.4, 0.5) is 10.5 Å². The van der Waals surface area contributed by atoms with Crippen LogP contribution in [0.15, 0.2) is 22.7 Å². The smallest absolute Gasteiger partial charge is 0.321 e. The zero-order valence-corrected chi connectivity index (χ0v) is 13.7. The van der Waals surface area contributed by atoms with Gasteiger partial charge < -0.3 is 15.3 Å². The fourth-order valence-electron chi connectivity index (χ4n) is 2.62. The van der Waals surface area contributed by atoms with Crippen molar-refractivity contribution in [3.63, 3.8) is 0 Å². The van der Waals surface area contributed by atoms with E-state index in [1.165, 1.54) is 0 Å². The normalized spacial score (nSPS) is 21.4. The third kappa shape index (κ3) is 3.20. The summed E-state index contributed by atoms with van der Waals surface area (Å²) in [7, 11) is 0. The van der Waals surface area contributed by atoms with E-state index in [1.54, 1.807) is 4.90 Å². The molecule has 5 nitrogen and oxygen atoms in total. The lowest BCUT2D eigenvalue weighted by Gasteiger charge is -2.23. The highest BCUT2D eigenvalue weighted by molar-refractivity contribution is 9.10. The first-order chi connectivity index (χ1) is 9.88. The highest BCUT2D eigenvalue weighted by Crippen LogP contribution is 2.34. The Bertz CT molecular complexity index is 576. The number of carboxylic acids is 1. The summed E-state index contributed by atoms with van der Waals surface area (Å²) in [4.78, 5) is 25.3. The lowest BCUT2D eigenvalue weighted by molar-refractivity contribution is -0.148. The monoisotopic (exact) mass is 354 g/mol. The molecule has 2 amide bonds. The van der Waals surface area contributed by atoms with Crippen LogP contribution < -0.4 is 5.32 Å². The third-order valence-electron chi connectivity index (χ3n) is 4.20. The molecule has 0 bridgehead atoms. The van der Waals surface area contributed by atoms with E-state index in [2.05, 4.69) is 21.2 Å². The molecule has 0 aliphatic carbocycles. The van der Waals surface area contributed by atoms with Gasteiger partial charge in [-0.3, -0.25) is 4.79 Å². The molecule has 6 heteroatoms. The van der Waals surface area contributed by atoms with Gasteiger partial charge in [-0.15, -0.1) is 0 Å². The second-order valence-electron chi connectivity index (χ2n) is 5.50. The second-order valence-corrected chi connectivity index (χ2v) is 6.42. The Morgan fingerprint density at radius 3 is 2.71 bits per heavy atom. The molecular weight excluding hydrogens is 336 g/mol. The minimum atomic E-state index is -0.819. The van der Waals surface area contributed by atoms with Gasteiger partial charge in [-0.1, -0.05) is 22.9 Å². The number of halogens is 1. The number of aliphatic carboxylic acids is 1. The van der Waals surface area contributed by atoms with E-state index in [-0.39, 0.29) is 12.6 Å². The number of benzene rings is 1. The summed E-state index contributed by atoms with van der Waals surface area (Å²) in [6.45, 7) is 4.51. The van der Waals surface area contributed by atoms with Crippen molar-refractivity contribution < 1.29 is 14.7 Å². The average molecular weight is 355 g/mol. The molecule has 114 valence electrons. The van der Waals surface area contributed by atoms with Crippen LogP contribution in [0.1, 0.15) is 25.3 Å². The Morgan fingerprint density at radius 1 is 1.48 bits per heavy atom. The quantitative estimate of drug-likeness (QED) is 0.872. The maximum Gasteiger partial charge on any atom is 0.321 e. The summed E-state index contributed by atoms with van der Waals surface area (Å²) in [5, 5.41) is 12.2. The molecule has 21 heavy (non-hydrogen) atoms. The van der Waals surface area contributed by atoms with Crippen LogP contribution >= 0.6 is 15.9 Å². The molecule has 0 spiro atoms. The van der Waals surface area contributed by atoms with Gasteiger partial charge in [-0.25, -0.2) is 4.79 Å². The largest absolute Gasteiger partial charge is 0.481 e. The van der Waals surface area contributed by atoms with Crippen LogP contribution in [0.2, 0.25) is 0 Å². The van der Waals surface area contributed by atoms with Crippen molar-refractivity contribution in [3.05, 3.63) is 28.2 Å². The number of carbonyl (C=O) groups is 2. The van der Waals surface area contributed by atoms with Gasteiger partial charge in [0.05, 0.1) is 5.41 Å². The molecule has 1 aliphatic rings. The van der Waals surface area contributed by atoms with Crippen LogP contribution in [0.5, 0.6) is 0 Å². The Hall–Kier alpha value is -1.56. The first-order valence-electron chi connectivity index (χ1n) is 6.93. The van der Waals surface area contributed by atoms with Crippen LogP contribution in [0.25, 0.3) is 0 Å². The van der Waals surface area contributed by atoms with Gasteiger partial charge in [0.25, 0.3) is 0 Å². The molecule has 2 rings (SSSR count). The van der Waals surface area contributed by atoms with Gasteiger partial charge in [0.1, 0.15) is 0 Å². The van der Waals surface area contributed by atoms with E-state index in [0.717, 1.165) is 15.7 Å². The van der Waals surface area contributed by atoms with Crippen molar-refractivity contribution in [3.8, 4) is 0 Å². The van der Waals surface area contributed by atoms with Crippen LogP contribution in [0.3, 0.4) is 0 Å². The SMILES string of the molecule is CCC1(C(=O)O)CCN(C(=O)Nc2ccc(Br)cc2C)C1. The number of nitrogens with one attached hydrogen (secondary N) is 1. The highest BCUT2D eigenvalue weighted by atomic mass is 79.9. The summed E-state index contributed by atoms with van der Waals surface area (Å²) in [6.07, 6.45) is 1.04. The first kappa shape index (κ1) is 15.8. The molecule has 1 atom stereocenters. The van der Waals surface area contributed by atoms with E-state index in [9.17, 15) is 14.7 Å². The number of amides is 2. The van der Waals surface area contributed by atoms with Crippen LogP contribution in [-0.4, -0.2) is 35.1 Å². The van der Waals surface area contributed by atoms with Gasteiger partial charge in [0.2, 0.25) is 0 Å². The Morgan fingerprint density at radius 2 is 2.19 bits per heavy atom. The number of aryl methyl sites for hydroxylation is 1. The Labute approximate surface area is 132 Å². The van der Waals surface area contributed by atoms with E-state index < -0.39 is 11.4 Å². The second kappa shape index (κ2) is 6.05. The molecule has 0 saturated carbocycles. The molecule has 0 radical (unpaired) electrons. The van der Waals surface area contributed by atoms with E-state index in [0.29, 0.717) is 19.4 Å². The lowest BCUT2D eigenvalue weighted by atomic mass is 9.84. The van der Waals surface area contributed by atoms with Crippen molar-refractivity contribution in [2.75, 3.05) is 18.4 Å². The predicted octanol–water partition coefficient (Wildman–Crippen LogP) is 3.48.